The Morgan fingerprint density at radius 2 is 2.12 bits per heavy atom. The van der Waals surface area contributed by atoms with E-state index in [9.17, 15) is 0 Å². The number of rotatable bonds is 3. The summed E-state index contributed by atoms with van der Waals surface area (Å²) >= 11 is 2.36. The molecule has 2 rings (SSSR count). The maximum absolute atomic E-state index is 5.87. The van der Waals surface area contributed by atoms with E-state index in [2.05, 4.69) is 53.0 Å². The molecule has 17 heavy (non-hydrogen) atoms. The third-order valence-corrected chi connectivity index (χ3v) is 4.41. The van der Waals surface area contributed by atoms with Crippen molar-refractivity contribution in [3.63, 3.8) is 0 Å². The van der Waals surface area contributed by atoms with Gasteiger partial charge in [-0.2, -0.15) is 0 Å². The largest absolute Gasteiger partial charge is 0.382 e. The lowest BCUT2D eigenvalue weighted by Gasteiger charge is -2.32. The molecule has 3 heteroatoms. The van der Waals surface area contributed by atoms with Gasteiger partial charge in [-0.3, -0.25) is 0 Å². The monoisotopic (exact) mass is 344 g/mol. The van der Waals surface area contributed by atoms with Crippen LogP contribution < -0.4 is 11.1 Å². The summed E-state index contributed by atoms with van der Waals surface area (Å²) in [4.78, 5) is 0. The first kappa shape index (κ1) is 13.1. The number of anilines is 1. The molecule has 1 aromatic rings. The normalized spacial score (nSPS) is 24.6. The lowest BCUT2D eigenvalue weighted by atomic mass is 9.84. The molecular weight excluding hydrogens is 323 g/mol. The lowest BCUT2D eigenvalue weighted by Crippen LogP contribution is -2.36. The standard InChI is InChI=1S/C14H21IN2/c1-10-8-12(15)6-7-13(10)17-14-5-3-2-4-11(14)9-16/h6-8,11,14,17H,2-5,9,16H2,1H3. The van der Waals surface area contributed by atoms with Crippen LogP contribution in [-0.2, 0) is 0 Å². The van der Waals surface area contributed by atoms with Gasteiger partial charge in [0.1, 0.15) is 0 Å². The van der Waals surface area contributed by atoms with Gasteiger partial charge in [-0.25, -0.2) is 0 Å². The molecule has 1 aliphatic rings. The first-order valence-corrected chi connectivity index (χ1v) is 7.51. The van der Waals surface area contributed by atoms with Gasteiger partial charge < -0.3 is 11.1 Å². The maximum atomic E-state index is 5.87. The highest BCUT2D eigenvalue weighted by atomic mass is 127. The zero-order valence-electron chi connectivity index (χ0n) is 10.4. The molecule has 1 fully saturated rings. The van der Waals surface area contributed by atoms with Crippen molar-refractivity contribution < 1.29 is 0 Å². The zero-order valence-corrected chi connectivity index (χ0v) is 12.5. The Morgan fingerprint density at radius 1 is 1.35 bits per heavy atom. The van der Waals surface area contributed by atoms with E-state index in [1.807, 2.05) is 0 Å². The Balaban J connectivity index is 2.08. The topological polar surface area (TPSA) is 38.0 Å². The average molecular weight is 344 g/mol. The van der Waals surface area contributed by atoms with Crippen LogP contribution in [0.5, 0.6) is 0 Å². The summed E-state index contributed by atoms with van der Waals surface area (Å²) in [6.07, 6.45) is 5.20. The molecule has 0 heterocycles. The van der Waals surface area contributed by atoms with Crippen LogP contribution in [0.4, 0.5) is 5.69 Å². The predicted molar refractivity (Wildman–Crippen MR) is 82.3 cm³/mol. The number of hydrogen-bond acceptors (Lipinski definition) is 2. The van der Waals surface area contributed by atoms with Crippen LogP contribution in [0.25, 0.3) is 0 Å². The van der Waals surface area contributed by atoms with E-state index >= 15 is 0 Å². The molecule has 2 nitrogen and oxygen atoms in total. The van der Waals surface area contributed by atoms with E-state index in [0.29, 0.717) is 12.0 Å². The van der Waals surface area contributed by atoms with Gasteiger partial charge in [-0.1, -0.05) is 12.8 Å². The summed E-state index contributed by atoms with van der Waals surface area (Å²) in [5.74, 6) is 0.641. The molecular formula is C14H21IN2. The third kappa shape index (κ3) is 3.35. The molecule has 0 bridgehead atoms. The van der Waals surface area contributed by atoms with E-state index in [1.165, 1.54) is 40.5 Å². The molecule has 0 amide bonds. The van der Waals surface area contributed by atoms with Gasteiger partial charge >= 0.3 is 0 Å². The second kappa shape index (κ2) is 6.05. The van der Waals surface area contributed by atoms with Crippen LogP contribution in [0.15, 0.2) is 18.2 Å². The number of hydrogen-bond donors (Lipinski definition) is 2. The highest BCUT2D eigenvalue weighted by Crippen LogP contribution is 2.28. The highest BCUT2D eigenvalue weighted by Gasteiger charge is 2.23. The second-order valence-electron chi connectivity index (χ2n) is 4.99. The first-order chi connectivity index (χ1) is 8.20. The van der Waals surface area contributed by atoms with Crippen molar-refractivity contribution in [3.8, 4) is 0 Å². The quantitative estimate of drug-likeness (QED) is 0.824. The van der Waals surface area contributed by atoms with Crippen molar-refractivity contribution in [3.05, 3.63) is 27.3 Å². The first-order valence-electron chi connectivity index (χ1n) is 6.43. The molecule has 1 aromatic carbocycles. The van der Waals surface area contributed by atoms with E-state index in [1.54, 1.807) is 0 Å². The molecule has 0 aromatic heterocycles. The third-order valence-electron chi connectivity index (χ3n) is 3.74. The Morgan fingerprint density at radius 3 is 2.82 bits per heavy atom. The summed E-state index contributed by atoms with van der Waals surface area (Å²) in [6.45, 7) is 2.98. The van der Waals surface area contributed by atoms with Crippen molar-refractivity contribution in [1.29, 1.82) is 0 Å². The van der Waals surface area contributed by atoms with Crippen molar-refractivity contribution in [2.75, 3.05) is 11.9 Å². The van der Waals surface area contributed by atoms with Gasteiger partial charge in [0.2, 0.25) is 0 Å². The summed E-state index contributed by atoms with van der Waals surface area (Å²) in [5, 5.41) is 3.69. The highest BCUT2D eigenvalue weighted by molar-refractivity contribution is 14.1. The minimum atomic E-state index is 0.563. The molecule has 0 aliphatic heterocycles. The number of benzene rings is 1. The second-order valence-corrected chi connectivity index (χ2v) is 6.24. The number of halogens is 1. The molecule has 0 radical (unpaired) electrons. The lowest BCUT2D eigenvalue weighted by molar-refractivity contribution is 0.332. The van der Waals surface area contributed by atoms with Crippen LogP contribution in [0.1, 0.15) is 31.2 Å². The van der Waals surface area contributed by atoms with Crippen LogP contribution in [-0.4, -0.2) is 12.6 Å². The fraction of sp³-hybridized carbons (Fsp3) is 0.571. The molecule has 2 unspecified atom stereocenters. The van der Waals surface area contributed by atoms with Crippen LogP contribution >= 0.6 is 22.6 Å². The van der Waals surface area contributed by atoms with Gasteiger partial charge in [0.05, 0.1) is 0 Å². The fourth-order valence-corrected chi connectivity index (χ4v) is 3.32. The molecule has 3 N–H and O–H groups in total. The van der Waals surface area contributed by atoms with Crippen molar-refractivity contribution in [2.45, 2.75) is 38.6 Å². The number of nitrogens with two attached hydrogens (primary N) is 1. The predicted octanol–water partition coefficient (Wildman–Crippen LogP) is 3.53. The SMILES string of the molecule is Cc1cc(I)ccc1NC1CCCCC1CN. The fourth-order valence-electron chi connectivity index (χ4n) is 2.67. The van der Waals surface area contributed by atoms with Crippen molar-refractivity contribution >= 4 is 28.3 Å². The number of aryl methyl sites for hydroxylation is 1. The van der Waals surface area contributed by atoms with Gasteiger partial charge in [0.15, 0.2) is 0 Å². The molecule has 1 aliphatic carbocycles. The molecule has 94 valence electrons. The van der Waals surface area contributed by atoms with Gasteiger partial charge in [-0.05, 0) is 78.6 Å². The Hall–Kier alpha value is -0.290. The van der Waals surface area contributed by atoms with E-state index in [-0.39, 0.29) is 0 Å². The summed E-state index contributed by atoms with van der Waals surface area (Å²) < 4.78 is 1.30. The maximum Gasteiger partial charge on any atom is 0.0372 e. The smallest absolute Gasteiger partial charge is 0.0372 e. The van der Waals surface area contributed by atoms with Crippen LogP contribution in [0.3, 0.4) is 0 Å². The minimum Gasteiger partial charge on any atom is -0.382 e. The van der Waals surface area contributed by atoms with Gasteiger partial charge in [-0.15, -0.1) is 0 Å². The van der Waals surface area contributed by atoms with Crippen molar-refractivity contribution in [2.24, 2.45) is 11.7 Å². The Bertz CT molecular complexity index is 378. The average Bonchev–Trinajstić information content (AvgIpc) is 2.33. The van der Waals surface area contributed by atoms with Crippen LogP contribution in [0.2, 0.25) is 0 Å². The summed E-state index contributed by atoms with van der Waals surface area (Å²) in [7, 11) is 0. The molecule has 2 atom stereocenters. The Labute approximate surface area is 117 Å². The molecule has 0 saturated heterocycles. The Kier molecular flexibility index (Phi) is 4.68. The minimum absolute atomic E-state index is 0.563. The molecule has 1 saturated carbocycles. The summed E-state index contributed by atoms with van der Waals surface area (Å²) in [6, 6.07) is 7.14. The molecule has 0 spiro atoms. The van der Waals surface area contributed by atoms with E-state index in [4.69, 9.17) is 5.73 Å². The van der Waals surface area contributed by atoms with E-state index in [0.717, 1.165) is 6.54 Å². The summed E-state index contributed by atoms with van der Waals surface area (Å²) in [5.41, 5.74) is 8.47. The van der Waals surface area contributed by atoms with Crippen molar-refractivity contribution in [1.82, 2.24) is 0 Å². The zero-order chi connectivity index (χ0) is 12.3. The van der Waals surface area contributed by atoms with E-state index < -0.39 is 0 Å². The van der Waals surface area contributed by atoms with Gasteiger partial charge in [0, 0.05) is 15.3 Å². The number of nitrogens with one attached hydrogen (secondary N) is 1. The van der Waals surface area contributed by atoms with Crippen LogP contribution in [0, 0.1) is 16.4 Å². The van der Waals surface area contributed by atoms with Gasteiger partial charge in [0.25, 0.3) is 0 Å².